The quantitative estimate of drug-likeness (QED) is 0.522. The molecule has 0 fully saturated rings. The van der Waals surface area contributed by atoms with Crippen LogP contribution < -0.4 is 5.32 Å². The van der Waals surface area contributed by atoms with Crippen molar-refractivity contribution in [3.63, 3.8) is 0 Å². The Hall–Kier alpha value is -3.31. The molecule has 140 valence electrons. The van der Waals surface area contributed by atoms with Gasteiger partial charge in [0.05, 0.1) is 11.4 Å². The van der Waals surface area contributed by atoms with Crippen LogP contribution in [0.4, 0.5) is 4.39 Å². The number of halogens is 1. The monoisotopic (exact) mass is 372 g/mol. The smallest absolute Gasteiger partial charge is 0.123 e. The molecule has 4 nitrogen and oxygen atoms in total. The second-order valence-electron chi connectivity index (χ2n) is 6.68. The van der Waals surface area contributed by atoms with Crippen molar-refractivity contribution in [2.75, 3.05) is 0 Å². The molecule has 2 aromatic carbocycles. The molecule has 0 aliphatic rings. The van der Waals surface area contributed by atoms with Gasteiger partial charge in [0.25, 0.3) is 0 Å². The zero-order valence-electron chi connectivity index (χ0n) is 15.6. The maximum absolute atomic E-state index is 13.4. The fraction of sp³-hybridized carbons (Fsp3) is 0.130. The van der Waals surface area contributed by atoms with Crippen LogP contribution in [0, 0.1) is 5.82 Å². The molecule has 0 saturated carbocycles. The molecule has 0 bridgehead atoms. The van der Waals surface area contributed by atoms with E-state index in [1.54, 1.807) is 18.3 Å². The molecule has 0 amide bonds. The van der Waals surface area contributed by atoms with Gasteiger partial charge in [-0.15, -0.1) is 0 Å². The molecule has 0 aliphatic carbocycles. The molecule has 28 heavy (non-hydrogen) atoms. The molecule has 2 aromatic heterocycles. The third kappa shape index (κ3) is 4.00. The Balaban J connectivity index is 1.64. The number of para-hydroxylation sites is 1. The summed E-state index contributed by atoms with van der Waals surface area (Å²) < 4.78 is 15.2. The highest BCUT2D eigenvalue weighted by Gasteiger charge is 2.14. The molecule has 1 N–H and O–H groups in total. The summed E-state index contributed by atoms with van der Waals surface area (Å²) in [5.74, 6) is -0.254. The maximum Gasteiger partial charge on any atom is 0.123 e. The SMILES string of the molecule is CC(NCc1cn(-c2ccccc2)nc1-c1ccc(F)cc1)c1cccnc1. The van der Waals surface area contributed by atoms with Gasteiger partial charge < -0.3 is 5.32 Å². The highest BCUT2D eigenvalue weighted by atomic mass is 19.1. The first-order chi connectivity index (χ1) is 13.7. The summed E-state index contributed by atoms with van der Waals surface area (Å²) in [6.45, 7) is 2.74. The minimum absolute atomic E-state index is 0.148. The zero-order chi connectivity index (χ0) is 19.3. The molecule has 5 heteroatoms. The molecule has 0 radical (unpaired) electrons. The molecule has 2 heterocycles. The maximum atomic E-state index is 13.4. The molecule has 4 rings (SSSR count). The third-order valence-corrected chi connectivity index (χ3v) is 4.71. The summed E-state index contributed by atoms with van der Waals surface area (Å²) in [5, 5.41) is 8.31. The fourth-order valence-electron chi connectivity index (χ4n) is 3.12. The van der Waals surface area contributed by atoms with E-state index in [-0.39, 0.29) is 11.9 Å². The zero-order valence-corrected chi connectivity index (χ0v) is 15.6. The van der Waals surface area contributed by atoms with Gasteiger partial charge in [-0.3, -0.25) is 4.98 Å². The second kappa shape index (κ2) is 8.15. The average Bonchev–Trinajstić information content (AvgIpc) is 3.18. The van der Waals surface area contributed by atoms with E-state index in [4.69, 9.17) is 5.10 Å². The lowest BCUT2D eigenvalue weighted by atomic mass is 10.1. The minimum atomic E-state index is -0.254. The molecule has 0 aliphatic heterocycles. The van der Waals surface area contributed by atoms with Gasteiger partial charge in [-0.05, 0) is 55.0 Å². The summed E-state index contributed by atoms with van der Waals surface area (Å²) in [6, 6.07) is 20.6. The molecule has 1 unspecified atom stereocenters. The van der Waals surface area contributed by atoms with Crippen molar-refractivity contribution in [1.29, 1.82) is 0 Å². The van der Waals surface area contributed by atoms with Crippen molar-refractivity contribution in [3.8, 4) is 16.9 Å². The second-order valence-corrected chi connectivity index (χ2v) is 6.68. The lowest BCUT2D eigenvalue weighted by Crippen LogP contribution is -2.18. The van der Waals surface area contributed by atoms with Crippen LogP contribution in [0.2, 0.25) is 0 Å². The van der Waals surface area contributed by atoms with Gasteiger partial charge in [0.15, 0.2) is 0 Å². The van der Waals surface area contributed by atoms with Gasteiger partial charge in [0.2, 0.25) is 0 Å². The average molecular weight is 372 g/mol. The number of benzene rings is 2. The van der Waals surface area contributed by atoms with Gasteiger partial charge >= 0.3 is 0 Å². The number of pyridine rings is 1. The van der Waals surface area contributed by atoms with Crippen molar-refractivity contribution in [3.05, 3.63) is 102 Å². The van der Waals surface area contributed by atoms with Crippen LogP contribution in [0.5, 0.6) is 0 Å². The largest absolute Gasteiger partial charge is 0.306 e. The Labute approximate surface area is 163 Å². The van der Waals surface area contributed by atoms with Gasteiger partial charge in [-0.1, -0.05) is 24.3 Å². The van der Waals surface area contributed by atoms with E-state index in [9.17, 15) is 4.39 Å². The third-order valence-electron chi connectivity index (χ3n) is 4.71. The van der Waals surface area contributed by atoms with Crippen molar-refractivity contribution in [2.24, 2.45) is 0 Å². The van der Waals surface area contributed by atoms with E-state index < -0.39 is 0 Å². The Kier molecular flexibility index (Phi) is 5.26. The first-order valence-electron chi connectivity index (χ1n) is 9.24. The minimum Gasteiger partial charge on any atom is -0.306 e. The van der Waals surface area contributed by atoms with Crippen LogP contribution in [0.1, 0.15) is 24.1 Å². The van der Waals surface area contributed by atoms with E-state index in [0.29, 0.717) is 6.54 Å². The lowest BCUT2D eigenvalue weighted by Gasteiger charge is -2.13. The normalized spacial score (nSPS) is 12.1. The molecular weight excluding hydrogens is 351 g/mol. The van der Waals surface area contributed by atoms with Crippen LogP contribution in [0.3, 0.4) is 0 Å². The van der Waals surface area contributed by atoms with Crippen LogP contribution in [0.25, 0.3) is 16.9 Å². The van der Waals surface area contributed by atoms with E-state index in [2.05, 4.69) is 23.3 Å². The molecule has 1 atom stereocenters. The standard InChI is InChI=1S/C23H21FN4/c1-17(19-6-5-13-25-14-19)26-15-20-16-28(22-7-3-2-4-8-22)27-23(20)18-9-11-21(24)12-10-18/h2-14,16-17,26H,15H2,1H3. The lowest BCUT2D eigenvalue weighted by molar-refractivity contribution is 0.573. The molecule has 0 spiro atoms. The Bertz CT molecular complexity index is 1030. The Morgan fingerprint density at radius 2 is 1.79 bits per heavy atom. The first kappa shape index (κ1) is 18.1. The van der Waals surface area contributed by atoms with Crippen molar-refractivity contribution in [2.45, 2.75) is 19.5 Å². The number of aromatic nitrogens is 3. The number of nitrogens with one attached hydrogen (secondary N) is 1. The summed E-state index contributed by atoms with van der Waals surface area (Å²) in [4.78, 5) is 4.19. The van der Waals surface area contributed by atoms with Crippen LogP contribution in [0.15, 0.2) is 85.3 Å². The number of nitrogens with zero attached hydrogens (tertiary/aromatic N) is 3. The number of hydrogen-bond donors (Lipinski definition) is 1. The van der Waals surface area contributed by atoms with Crippen LogP contribution >= 0.6 is 0 Å². The van der Waals surface area contributed by atoms with E-state index in [0.717, 1.165) is 28.1 Å². The highest BCUT2D eigenvalue weighted by molar-refractivity contribution is 5.63. The highest BCUT2D eigenvalue weighted by Crippen LogP contribution is 2.25. The van der Waals surface area contributed by atoms with E-state index in [1.165, 1.54) is 12.1 Å². The summed E-state index contributed by atoms with van der Waals surface area (Å²) in [7, 11) is 0. The topological polar surface area (TPSA) is 42.7 Å². The molecular formula is C23H21FN4. The predicted molar refractivity (Wildman–Crippen MR) is 108 cm³/mol. The summed E-state index contributed by atoms with van der Waals surface area (Å²) >= 11 is 0. The number of hydrogen-bond acceptors (Lipinski definition) is 3. The van der Waals surface area contributed by atoms with Crippen molar-refractivity contribution < 1.29 is 4.39 Å². The van der Waals surface area contributed by atoms with Crippen LogP contribution in [-0.4, -0.2) is 14.8 Å². The summed E-state index contributed by atoms with van der Waals surface area (Å²) in [5.41, 5.74) is 4.89. The van der Waals surface area contributed by atoms with Gasteiger partial charge in [0.1, 0.15) is 5.82 Å². The number of rotatable bonds is 6. The Morgan fingerprint density at radius 3 is 2.50 bits per heavy atom. The van der Waals surface area contributed by atoms with Gasteiger partial charge in [-0.25, -0.2) is 9.07 Å². The molecule has 0 saturated heterocycles. The van der Waals surface area contributed by atoms with E-state index >= 15 is 0 Å². The van der Waals surface area contributed by atoms with E-state index in [1.807, 2.05) is 53.5 Å². The fourth-order valence-corrected chi connectivity index (χ4v) is 3.12. The van der Waals surface area contributed by atoms with Gasteiger partial charge in [-0.2, -0.15) is 5.10 Å². The van der Waals surface area contributed by atoms with Crippen molar-refractivity contribution in [1.82, 2.24) is 20.1 Å². The Morgan fingerprint density at radius 1 is 1.00 bits per heavy atom. The van der Waals surface area contributed by atoms with Gasteiger partial charge in [0, 0.05) is 42.3 Å². The molecule has 4 aromatic rings. The predicted octanol–water partition coefficient (Wildman–Crippen LogP) is 4.92. The van der Waals surface area contributed by atoms with Crippen LogP contribution in [-0.2, 0) is 6.54 Å². The first-order valence-corrected chi connectivity index (χ1v) is 9.24. The van der Waals surface area contributed by atoms with Crippen molar-refractivity contribution >= 4 is 0 Å². The summed E-state index contributed by atoms with van der Waals surface area (Å²) in [6.07, 6.45) is 5.66.